The highest BCUT2D eigenvalue weighted by molar-refractivity contribution is 5.94. The van der Waals surface area contributed by atoms with Crippen molar-refractivity contribution in [2.45, 2.75) is 33.6 Å². The smallest absolute Gasteiger partial charge is 0.257 e. The van der Waals surface area contributed by atoms with Crippen LogP contribution in [0.1, 0.15) is 39.4 Å². The minimum Gasteiger partial charge on any atom is -0.347 e. The third kappa shape index (κ3) is 3.90. The first-order valence-electron chi connectivity index (χ1n) is 8.08. The van der Waals surface area contributed by atoms with Crippen LogP contribution in [-0.2, 0) is 6.42 Å². The number of aromatic nitrogens is 4. The number of anilines is 1. The van der Waals surface area contributed by atoms with Crippen molar-refractivity contribution in [3.05, 3.63) is 34.4 Å². The van der Waals surface area contributed by atoms with Crippen LogP contribution in [-0.4, -0.2) is 58.7 Å². The SMILES string of the molecule is Cc1nc(N(C)C)ncc1C(=O)N(C)CCCc1c(C)n[nH]c1C. The highest BCUT2D eigenvalue weighted by Crippen LogP contribution is 2.14. The summed E-state index contributed by atoms with van der Waals surface area (Å²) in [5.41, 5.74) is 4.63. The zero-order chi connectivity index (χ0) is 17.9. The molecule has 0 aromatic carbocycles. The van der Waals surface area contributed by atoms with E-state index in [1.807, 2.05) is 46.8 Å². The molecule has 130 valence electrons. The van der Waals surface area contributed by atoms with Gasteiger partial charge in [0.15, 0.2) is 0 Å². The van der Waals surface area contributed by atoms with Crippen LogP contribution in [0.5, 0.6) is 0 Å². The van der Waals surface area contributed by atoms with Crippen LogP contribution < -0.4 is 4.90 Å². The number of nitrogens with zero attached hydrogens (tertiary/aromatic N) is 5. The molecular formula is C17H26N6O. The third-order valence-corrected chi connectivity index (χ3v) is 4.14. The van der Waals surface area contributed by atoms with E-state index < -0.39 is 0 Å². The fraction of sp³-hybridized carbons (Fsp3) is 0.529. The van der Waals surface area contributed by atoms with E-state index in [9.17, 15) is 4.79 Å². The number of amides is 1. The van der Waals surface area contributed by atoms with E-state index in [0.717, 1.165) is 24.2 Å². The molecule has 0 atom stereocenters. The van der Waals surface area contributed by atoms with Crippen molar-refractivity contribution in [2.24, 2.45) is 0 Å². The minimum absolute atomic E-state index is 0.0431. The Bertz CT molecular complexity index is 702. The van der Waals surface area contributed by atoms with Crippen molar-refractivity contribution in [1.29, 1.82) is 0 Å². The molecule has 0 aliphatic carbocycles. The lowest BCUT2D eigenvalue weighted by Gasteiger charge is -2.19. The number of aryl methyl sites for hydroxylation is 3. The molecule has 2 aromatic heterocycles. The zero-order valence-corrected chi connectivity index (χ0v) is 15.3. The predicted octanol–water partition coefficient (Wildman–Crippen LogP) is 1.90. The molecule has 2 rings (SSSR count). The number of hydrogen-bond donors (Lipinski definition) is 1. The summed E-state index contributed by atoms with van der Waals surface area (Å²) >= 11 is 0. The third-order valence-electron chi connectivity index (χ3n) is 4.14. The lowest BCUT2D eigenvalue weighted by molar-refractivity contribution is 0.0792. The van der Waals surface area contributed by atoms with Crippen molar-refractivity contribution in [2.75, 3.05) is 32.6 Å². The Balaban J connectivity index is 1.97. The van der Waals surface area contributed by atoms with Crippen LogP contribution in [0.3, 0.4) is 0 Å². The van der Waals surface area contributed by atoms with Gasteiger partial charge in [-0.15, -0.1) is 0 Å². The molecule has 2 heterocycles. The van der Waals surface area contributed by atoms with E-state index in [0.29, 0.717) is 23.8 Å². The number of carbonyl (C=O) groups is 1. The van der Waals surface area contributed by atoms with Gasteiger partial charge in [0.1, 0.15) is 0 Å². The molecule has 0 saturated carbocycles. The van der Waals surface area contributed by atoms with Gasteiger partial charge < -0.3 is 9.80 Å². The highest BCUT2D eigenvalue weighted by atomic mass is 16.2. The summed E-state index contributed by atoms with van der Waals surface area (Å²) in [6, 6.07) is 0. The molecule has 2 aromatic rings. The summed E-state index contributed by atoms with van der Waals surface area (Å²) in [6.45, 7) is 6.55. The number of hydrogen-bond acceptors (Lipinski definition) is 5. The van der Waals surface area contributed by atoms with Crippen LogP contribution in [0.15, 0.2) is 6.20 Å². The largest absolute Gasteiger partial charge is 0.347 e. The minimum atomic E-state index is -0.0431. The molecular weight excluding hydrogens is 304 g/mol. The van der Waals surface area contributed by atoms with Gasteiger partial charge >= 0.3 is 0 Å². The van der Waals surface area contributed by atoms with E-state index >= 15 is 0 Å². The summed E-state index contributed by atoms with van der Waals surface area (Å²) in [4.78, 5) is 24.8. The van der Waals surface area contributed by atoms with Gasteiger partial charge in [0.25, 0.3) is 5.91 Å². The topological polar surface area (TPSA) is 78.0 Å². The molecule has 0 saturated heterocycles. The molecule has 0 bridgehead atoms. The average molecular weight is 330 g/mol. The molecule has 7 nitrogen and oxygen atoms in total. The van der Waals surface area contributed by atoms with E-state index in [2.05, 4.69) is 20.2 Å². The summed E-state index contributed by atoms with van der Waals surface area (Å²) < 4.78 is 0. The van der Waals surface area contributed by atoms with Gasteiger partial charge in [0, 0.05) is 39.6 Å². The predicted molar refractivity (Wildman–Crippen MR) is 94.4 cm³/mol. The molecule has 0 fully saturated rings. The molecule has 0 aliphatic rings. The Morgan fingerprint density at radius 3 is 2.42 bits per heavy atom. The first-order chi connectivity index (χ1) is 11.3. The van der Waals surface area contributed by atoms with Crippen LogP contribution in [0.25, 0.3) is 0 Å². The van der Waals surface area contributed by atoms with Gasteiger partial charge in [0.2, 0.25) is 5.95 Å². The van der Waals surface area contributed by atoms with Crippen molar-refractivity contribution in [3.8, 4) is 0 Å². The first kappa shape index (κ1) is 17.9. The number of H-pyrrole nitrogens is 1. The second-order valence-corrected chi connectivity index (χ2v) is 6.31. The lowest BCUT2D eigenvalue weighted by Crippen LogP contribution is -2.29. The van der Waals surface area contributed by atoms with Gasteiger partial charge in [-0.2, -0.15) is 5.10 Å². The Kier molecular flexibility index (Phi) is 5.54. The van der Waals surface area contributed by atoms with Gasteiger partial charge in [-0.25, -0.2) is 9.97 Å². The maximum absolute atomic E-state index is 12.6. The van der Waals surface area contributed by atoms with Gasteiger partial charge in [0.05, 0.1) is 17.0 Å². The molecule has 24 heavy (non-hydrogen) atoms. The highest BCUT2D eigenvalue weighted by Gasteiger charge is 2.17. The summed E-state index contributed by atoms with van der Waals surface area (Å²) in [5.74, 6) is 0.566. The van der Waals surface area contributed by atoms with Crippen LogP contribution in [0, 0.1) is 20.8 Å². The normalized spacial score (nSPS) is 10.8. The van der Waals surface area contributed by atoms with Gasteiger partial charge in [-0.05, 0) is 39.2 Å². The van der Waals surface area contributed by atoms with E-state index in [1.165, 1.54) is 5.56 Å². The molecule has 1 amide bonds. The number of rotatable bonds is 6. The number of carbonyl (C=O) groups excluding carboxylic acids is 1. The van der Waals surface area contributed by atoms with Gasteiger partial charge in [-0.1, -0.05) is 0 Å². The number of nitrogens with one attached hydrogen (secondary N) is 1. The second-order valence-electron chi connectivity index (χ2n) is 6.31. The fourth-order valence-corrected chi connectivity index (χ4v) is 2.62. The monoisotopic (exact) mass is 330 g/mol. The van der Waals surface area contributed by atoms with Crippen LogP contribution in [0.4, 0.5) is 5.95 Å². The molecule has 7 heteroatoms. The van der Waals surface area contributed by atoms with Crippen LogP contribution in [0.2, 0.25) is 0 Å². The van der Waals surface area contributed by atoms with Crippen molar-refractivity contribution in [1.82, 2.24) is 25.1 Å². The van der Waals surface area contributed by atoms with Crippen molar-refractivity contribution < 1.29 is 4.79 Å². The van der Waals surface area contributed by atoms with Crippen LogP contribution >= 0.6 is 0 Å². The van der Waals surface area contributed by atoms with E-state index in [1.54, 1.807) is 11.1 Å². The molecule has 0 aliphatic heterocycles. The molecule has 0 unspecified atom stereocenters. The van der Waals surface area contributed by atoms with Gasteiger partial charge in [-0.3, -0.25) is 9.89 Å². The Labute approximate surface area is 143 Å². The second kappa shape index (κ2) is 7.42. The Morgan fingerprint density at radius 2 is 1.88 bits per heavy atom. The fourth-order valence-electron chi connectivity index (χ4n) is 2.62. The number of aromatic amines is 1. The molecule has 0 spiro atoms. The maximum Gasteiger partial charge on any atom is 0.257 e. The standard InChI is InChI=1S/C17H26N6O/c1-11-15(10-18-17(19-11)22(4)5)16(24)23(6)9-7-8-14-12(2)20-21-13(14)3/h10H,7-9H2,1-6H3,(H,20,21). The van der Waals surface area contributed by atoms with Crippen molar-refractivity contribution in [3.63, 3.8) is 0 Å². The maximum atomic E-state index is 12.6. The Hall–Kier alpha value is -2.44. The lowest BCUT2D eigenvalue weighted by atomic mass is 10.1. The zero-order valence-electron chi connectivity index (χ0n) is 15.3. The summed E-state index contributed by atoms with van der Waals surface area (Å²) in [6.07, 6.45) is 3.40. The average Bonchev–Trinajstić information content (AvgIpc) is 2.85. The van der Waals surface area contributed by atoms with Crippen molar-refractivity contribution >= 4 is 11.9 Å². The summed E-state index contributed by atoms with van der Waals surface area (Å²) in [5, 5.41) is 7.20. The van der Waals surface area contributed by atoms with E-state index in [4.69, 9.17) is 0 Å². The summed E-state index contributed by atoms with van der Waals surface area (Å²) in [7, 11) is 5.57. The molecule has 0 radical (unpaired) electrons. The first-order valence-corrected chi connectivity index (χ1v) is 8.08. The molecule has 1 N–H and O–H groups in total. The quantitative estimate of drug-likeness (QED) is 0.875. The van der Waals surface area contributed by atoms with E-state index in [-0.39, 0.29) is 5.91 Å². The Morgan fingerprint density at radius 1 is 1.17 bits per heavy atom.